The Hall–Kier alpha value is -1.10. The third-order valence-electron chi connectivity index (χ3n) is 4.49. The minimum absolute atomic E-state index is 0.130. The van der Waals surface area contributed by atoms with Crippen LogP contribution in [0.25, 0.3) is 0 Å². The Morgan fingerprint density at radius 2 is 2.00 bits per heavy atom. The van der Waals surface area contributed by atoms with Crippen molar-refractivity contribution in [3.05, 3.63) is 0 Å². The van der Waals surface area contributed by atoms with Crippen molar-refractivity contribution in [2.24, 2.45) is 11.8 Å². The van der Waals surface area contributed by atoms with Crippen LogP contribution >= 0.6 is 0 Å². The molecule has 0 aromatic rings. The van der Waals surface area contributed by atoms with Gasteiger partial charge in [0.15, 0.2) is 0 Å². The van der Waals surface area contributed by atoms with E-state index in [1.165, 1.54) is 12.8 Å². The summed E-state index contributed by atoms with van der Waals surface area (Å²) in [6, 6.07) is 0. The smallest absolute Gasteiger partial charge is 0.308 e. The van der Waals surface area contributed by atoms with Gasteiger partial charge in [0, 0.05) is 19.5 Å². The molecule has 0 aliphatic carbocycles. The number of likely N-dealkylation sites (tertiary alicyclic amines) is 2. The Labute approximate surface area is 114 Å². The van der Waals surface area contributed by atoms with E-state index in [-0.39, 0.29) is 11.8 Å². The highest BCUT2D eigenvalue weighted by molar-refractivity contribution is 5.80. The fourth-order valence-electron chi connectivity index (χ4n) is 3.02. The van der Waals surface area contributed by atoms with Crippen molar-refractivity contribution in [3.8, 4) is 0 Å². The van der Waals surface area contributed by atoms with Crippen molar-refractivity contribution < 1.29 is 14.7 Å². The molecule has 2 rings (SSSR count). The van der Waals surface area contributed by atoms with Gasteiger partial charge in [-0.2, -0.15) is 0 Å². The number of amides is 1. The summed E-state index contributed by atoms with van der Waals surface area (Å²) < 4.78 is 0. The van der Waals surface area contributed by atoms with Crippen molar-refractivity contribution in [1.29, 1.82) is 0 Å². The molecule has 2 heterocycles. The van der Waals surface area contributed by atoms with Gasteiger partial charge in [0.1, 0.15) is 0 Å². The fourth-order valence-corrected chi connectivity index (χ4v) is 3.02. The largest absolute Gasteiger partial charge is 0.481 e. The van der Waals surface area contributed by atoms with Crippen LogP contribution in [0.3, 0.4) is 0 Å². The Balaban J connectivity index is 1.77. The molecule has 19 heavy (non-hydrogen) atoms. The van der Waals surface area contributed by atoms with E-state index in [0.29, 0.717) is 25.3 Å². The lowest BCUT2D eigenvalue weighted by molar-refractivity contribution is -0.147. The van der Waals surface area contributed by atoms with Crippen LogP contribution in [0.4, 0.5) is 0 Å². The topological polar surface area (TPSA) is 60.9 Å². The third-order valence-corrected chi connectivity index (χ3v) is 4.49. The van der Waals surface area contributed by atoms with Gasteiger partial charge in [0.05, 0.1) is 5.92 Å². The molecular formula is C14H24N2O3. The predicted octanol–water partition coefficient (Wildman–Crippen LogP) is 1.04. The maximum atomic E-state index is 11.8. The van der Waals surface area contributed by atoms with Crippen LogP contribution in [-0.2, 0) is 9.59 Å². The second-order valence-electron chi connectivity index (χ2n) is 5.95. The molecule has 0 aromatic carbocycles. The van der Waals surface area contributed by atoms with Crippen molar-refractivity contribution >= 4 is 11.9 Å². The Bertz CT molecular complexity index is 338. The summed E-state index contributed by atoms with van der Waals surface area (Å²) in [6.45, 7) is 3.41. The van der Waals surface area contributed by atoms with E-state index in [0.717, 1.165) is 26.1 Å². The van der Waals surface area contributed by atoms with Crippen LogP contribution in [0.1, 0.15) is 32.1 Å². The number of hydrogen-bond donors (Lipinski definition) is 1. The lowest BCUT2D eigenvalue weighted by Gasteiger charge is -2.34. The van der Waals surface area contributed by atoms with E-state index in [2.05, 4.69) is 11.9 Å². The van der Waals surface area contributed by atoms with Gasteiger partial charge in [-0.15, -0.1) is 0 Å². The van der Waals surface area contributed by atoms with Crippen molar-refractivity contribution in [2.45, 2.75) is 32.1 Å². The highest BCUT2D eigenvalue weighted by Crippen LogP contribution is 2.23. The maximum Gasteiger partial charge on any atom is 0.308 e. The Kier molecular flexibility index (Phi) is 4.80. The second-order valence-corrected chi connectivity index (χ2v) is 5.95. The number of carbonyl (C=O) groups is 2. The van der Waals surface area contributed by atoms with Crippen LogP contribution in [0, 0.1) is 11.8 Å². The number of carboxylic acid groups (broad SMARTS) is 1. The minimum Gasteiger partial charge on any atom is -0.481 e. The van der Waals surface area contributed by atoms with E-state index in [9.17, 15) is 9.59 Å². The van der Waals surface area contributed by atoms with Crippen molar-refractivity contribution in [2.75, 3.05) is 33.2 Å². The zero-order valence-corrected chi connectivity index (χ0v) is 11.7. The number of piperidine rings is 2. The zero-order valence-electron chi connectivity index (χ0n) is 11.7. The highest BCUT2D eigenvalue weighted by atomic mass is 16.4. The van der Waals surface area contributed by atoms with Crippen LogP contribution in [-0.4, -0.2) is 60.0 Å². The van der Waals surface area contributed by atoms with Gasteiger partial charge >= 0.3 is 5.97 Å². The number of rotatable bonds is 4. The molecule has 1 N–H and O–H groups in total. The third kappa shape index (κ3) is 3.93. The van der Waals surface area contributed by atoms with Crippen LogP contribution in [0.5, 0.6) is 0 Å². The molecule has 5 nitrogen and oxygen atoms in total. The average molecular weight is 268 g/mol. The molecule has 2 aliphatic heterocycles. The van der Waals surface area contributed by atoms with E-state index < -0.39 is 5.97 Å². The van der Waals surface area contributed by atoms with E-state index >= 15 is 0 Å². The molecule has 0 radical (unpaired) electrons. The number of carbonyl (C=O) groups excluding carboxylic acids is 1. The van der Waals surface area contributed by atoms with Crippen LogP contribution < -0.4 is 0 Å². The normalized spacial score (nSPS) is 26.7. The molecule has 5 heteroatoms. The standard InChI is InChI=1S/C14H24N2O3/c1-15-7-4-11(5-8-15)6-9-16-10-12(14(18)19)2-3-13(16)17/h11-12H,2-10H2,1H3,(H,18,19). The molecule has 0 spiro atoms. The summed E-state index contributed by atoms with van der Waals surface area (Å²) in [7, 11) is 2.14. The molecule has 0 aromatic heterocycles. The average Bonchev–Trinajstić information content (AvgIpc) is 2.39. The maximum absolute atomic E-state index is 11.8. The molecule has 2 aliphatic rings. The highest BCUT2D eigenvalue weighted by Gasteiger charge is 2.30. The van der Waals surface area contributed by atoms with E-state index in [1.54, 1.807) is 4.90 Å². The number of aliphatic carboxylic acids is 1. The molecule has 2 fully saturated rings. The first-order valence-electron chi connectivity index (χ1n) is 7.25. The number of carboxylic acids is 1. The SMILES string of the molecule is CN1CCC(CCN2CC(C(=O)O)CCC2=O)CC1. The molecule has 1 atom stereocenters. The van der Waals surface area contributed by atoms with Gasteiger partial charge in [0.25, 0.3) is 0 Å². The summed E-state index contributed by atoms with van der Waals surface area (Å²) in [6.07, 6.45) is 4.30. The minimum atomic E-state index is -0.767. The monoisotopic (exact) mass is 268 g/mol. The van der Waals surface area contributed by atoms with Crippen LogP contribution in [0.15, 0.2) is 0 Å². The van der Waals surface area contributed by atoms with Gasteiger partial charge < -0.3 is 14.9 Å². The lowest BCUT2D eigenvalue weighted by atomic mass is 9.92. The zero-order chi connectivity index (χ0) is 13.8. The molecular weight excluding hydrogens is 244 g/mol. The molecule has 0 saturated carbocycles. The number of hydrogen-bond acceptors (Lipinski definition) is 3. The fraction of sp³-hybridized carbons (Fsp3) is 0.857. The van der Waals surface area contributed by atoms with Crippen molar-refractivity contribution in [1.82, 2.24) is 9.80 Å². The van der Waals surface area contributed by atoms with Crippen molar-refractivity contribution in [3.63, 3.8) is 0 Å². The first-order chi connectivity index (χ1) is 9.06. The second kappa shape index (κ2) is 6.37. The first kappa shape index (κ1) is 14.3. The summed E-state index contributed by atoms with van der Waals surface area (Å²) >= 11 is 0. The molecule has 0 bridgehead atoms. The van der Waals surface area contributed by atoms with Gasteiger partial charge in [-0.05, 0) is 51.7 Å². The Morgan fingerprint density at radius 3 is 2.63 bits per heavy atom. The molecule has 108 valence electrons. The summed E-state index contributed by atoms with van der Waals surface area (Å²) in [5, 5.41) is 9.04. The van der Waals surface area contributed by atoms with E-state index in [4.69, 9.17) is 5.11 Å². The van der Waals surface area contributed by atoms with Gasteiger partial charge in [-0.3, -0.25) is 9.59 Å². The molecule has 1 amide bonds. The Morgan fingerprint density at radius 1 is 1.32 bits per heavy atom. The van der Waals surface area contributed by atoms with Gasteiger partial charge in [0.2, 0.25) is 5.91 Å². The summed E-state index contributed by atoms with van der Waals surface area (Å²) in [5.74, 6) is -0.313. The van der Waals surface area contributed by atoms with Gasteiger partial charge in [-0.1, -0.05) is 0 Å². The van der Waals surface area contributed by atoms with E-state index in [1.807, 2.05) is 0 Å². The number of nitrogens with zero attached hydrogens (tertiary/aromatic N) is 2. The quantitative estimate of drug-likeness (QED) is 0.827. The summed E-state index contributed by atoms with van der Waals surface area (Å²) in [4.78, 5) is 26.9. The summed E-state index contributed by atoms with van der Waals surface area (Å²) in [5.41, 5.74) is 0. The predicted molar refractivity (Wildman–Crippen MR) is 71.8 cm³/mol. The van der Waals surface area contributed by atoms with Crippen LogP contribution in [0.2, 0.25) is 0 Å². The molecule has 1 unspecified atom stereocenters. The molecule has 2 saturated heterocycles. The first-order valence-corrected chi connectivity index (χ1v) is 7.25. The lowest BCUT2D eigenvalue weighted by Crippen LogP contribution is -2.43. The van der Waals surface area contributed by atoms with Gasteiger partial charge in [-0.25, -0.2) is 0 Å².